The van der Waals surface area contributed by atoms with Gasteiger partial charge in [0.25, 0.3) is 0 Å². The van der Waals surface area contributed by atoms with Crippen molar-refractivity contribution in [3.8, 4) is 6.01 Å². The van der Waals surface area contributed by atoms with Gasteiger partial charge in [-0.05, 0) is 37.6 Å². The Bertz CT molecular complexity index is 601. The average Bonchev–Trinajstić information content (AvgIpc) is 2.32. The van der Waals surface area contributed by atoms with E-state index in [1.165, 1.54) is 0 Å². The first-order valence-corrected chi connectivity index (χ1v) is 6.88. The minimum absolute atomic E-state index is 0.0151. The second-order valence-corrected chi connectivity index (χ2v) is 5.25. The molecule has 2 rings (SSSR count). The van der Waals surface area contributed by atoms with Crippen molar-refractivity contribution in [2.45, 2.75) is 20.0 Å². The molecule has 0 aliphatic carbocycles. The Morgan fingerprint density at radius 2 is 1.70 bits per heavy atom. The van der Waals surface area contributed by atoms with E-state index in [9.17, 15) is 0 Å². The minimum Gasteiger partial charge on any atom is -0.461 e. The van der Waals surface area contributed by atoms with Crippen LogP contribution >= 0.6 is 34.8 Å². The van der Waals surface area contributed by atoms with Gasteiger partial charge in [-0.25, -0.2) is 0 Å². The summed E-state index contributed by atoms with van der Waals surface area (Å²) in [4.78, 5) is 11.9. The second-order valence-electron chi connectivity index (χ2n) is 4.10. The highest BCUT2D eigenvalue weighted by molar-refractivity contribution is 6.39. The van der Waals surface area contributed by atoms with Crippen molar-refractivity contribution in [1.82, 2.24) is 15.0 Å². The van der Waals surface area contributed by atoms with E-state index in [0.717, 1.165) is 0 Å². The van der Waals surface area contributed by atoms with Crippen LogP contribution in [-0.2, 0) is 0 Å². The van der Waals surface area contributed by atoms with Crippen LogP contribution in [-0.4, -0.2) is 21.1 Å². The van der Waals surface area contributed by atoms with E-state index in [0.29, 0.717) is 15.7 Å². The molecule has 2 aromatic rings. The number of rotatable bonds is 4. The molecule has 1 heterocycles. The summed E-state index contributed by atoms with van der Waals surface area (Å²) in [6.45, 7) is 3.71. The van der Waals surface area contributed by atoms with E-state index in [4.69, 9.17) is 39.5 Å². The molecule has 0 saturated heterocycles. The van der Waals surface area contributed by atoms with Crippen molar-refractivity contribution < 1.29 is 4.74 Å². The van der Waals surface area contributed by atoms with Crippen LogP contribution in [0.25, 0.3) is 0 Å². The molecule has 0 unspecified atom stereocenters. The van der Waals surface area contributed by atoms with Crippen LogP contribution in [0.4, 0.5) is 11.6 Å². The normalized spacial score (nSPS) is 10.7. The molecule has 0 aliphatic heterocycles. The molecule has 5 nitrogen and oxygen atoms in total. The SMILES string of the molecule is CC(C)Oc1nc(Cl)nc(Nc2c(Cl)cccc2Cl)n1. The molecule has 0 bridgehead atoms. The molecule has 0 amide bonds. The van der Waals surface area contributed by atoms with Crippen molar-refractivity contribution >= 4 is 46.4 Å². The molecule has 20 heavy (non-hydrogen) atoms. The van der Waals surface area contributed by atoms with Crippen molar-refractivity contribution in [3.63, 3.8) is 0 Å². The molecule has 0 fully saturated rings. The number of anilines is 2. The Hall–Kier alpha value is -1.30. The number of hydrogen-bond acceptors (Lipinski definition) is 5. The molecular weight excluding hydrogens is 323 g/mol. The van der Waals surface area contributed by atoms with Crippen LogP contribution in [0.3, 0.4) is 0 Å². The van der Waals surface area contributed by atoms with Crippen molar-refractivity contribution in [2.75, 3.05) is 5.32 Å². The lowest BCUT2D eigenvalue weighted by molar-refractivity contribution is 0.222. The van der Waals surface area contributed by atoms with Crippen molar-refractivity contribution in [2.24, 2.45) is 0 Å². The first-order chi connectivity index (χ1) is 9.45. The number of nitrogens with one attached hydrogen (secondary N) is 1. The summed E-state index contributed by atoms with van der Waals surface area (Å²) in [6, 6.07) is 5.27. The summed E-state index contributed by atoms with van der Waals surface area (Å²) in [6.07, 6.45) is -0.0785. The summed E-state index contributed by atoms with van der Waals surface area (Å²) in [5, 5.41) is 3.81. The van der Waals surface area contributed by atoms with E-state index in [1.807, 2.05) is 13.8 Å². The number of para-hydroxylation sites is 1. The van der Waals surface area contributed by atoms with E-state index in [1.54, 1.807) is 18.2 Å². The van der Waals surface area contributed by atoms with Gasteiger partial charge in [0, 0.05) is 0 Å². The standard InChI is InChI=1S/C12H11Cl3N4O/c1-6(2)20-12-18-10(15)17-11(19-12)16-9-7(13)4-3-5-8(9)14/h3-6H,1-2H3,(H,16,17,18,19). The molecule has 0 aliphatic rings. The lowest BCUT2D eigenvalue weighted by Crippen LogP contribution is -2.10. The average molecular weight is 334 g/mol. The summed E-state index contributed by atoms with van der Waals surface area (Å²) >= 11 is 18.0. The monoisotopic (exact) mass is 332 g/mol. The van der Waals surface area contributed by atoms with Gasteiger partial charge >= 0.3 is 6.01 Å². The topological polar surface area (TPSA) is 59.9 Å². The van der Waals surface area contributed by atoms with Gasteiger partial charge in [-0.2, -0.15) is 15.0 Å². The zero-order valence-corrected chi connectivity index (χ0v) is 13.0. The first-order valence-electron chi connectivity index (χ1n) is 5.75. The molecule has 0 saturated carbocycles. The van der Waals surface area contributed by atoms with Crippen molar-refractivity contribution in [1.29, 1.82) is 0 Å². The van der Waals surface area contributed by atoms with Gasteiger partial charge in [0.15, 0.2) is 0 Å². The van der Waals surface area contributed by atoms with Crippen LogP contribution in [0.5, 0.6) is 6.01 Å². The van der Waals surface area contributed by atoms with Crippen LogP contribution in [0.1, 0.15) is 13.8 Å². The third-order valence-electron chi connectivity index (χ3n) is 2.13. The van der Waals surface area contributed by atoms with E-state index < -0.39 is 0 Å². The molecule has 0 atom stereocenters. The number of benzene rings is 1. The predicted octanol–water partition coefficient (Wildman–Crippen LogP) is 4.36. The molecule has 1 aromatic carbocycles. The molecule has 0 spiro atoms. The van der Waals surface area contributed by atoms with Gasteiger partial charge in [0.2, 0.25) is 11.2 Å². The number of nitrogens with zero attached hydrogens (tertiary/aromatic N) is 3. The summed E-state index contributed by atoms with van der Waals surface area (Å²) in [5.41, 5.74) is 0.494. The molecule has 106 valence electrons. The number of ether oxygens (including phenoxy) is 1. The third kappa shape index (κ3) is 3.85. The third-order valence-corrected chi connectivity index (χ3v) is 2.93. The fourth-order valence-electron chi connectivity index (χ4n) is 1.38. The Morgan fingerprint density at radius 3 is 2.30 bits per heavy atom. The maximum atomic E-state index is 6.06. The summed E-state index contributed by atoms with van der Waals surface area (Å²) in [7, 11) is 0. The van der Waals surface area contributed by atoms with Crippen LogP contribution in [0.15, 0.2) is 18.2 Å². The zero-order valence-electron chi connectivity index (χ0n) is 10.7. The van der Waals surface area contributed by atoms with Gasteiger partial charge < -0.3 is 10.1 Å². The van der Waals surface area contributed by atoms with Gasteiger partial charge in [-0.1, -0.05) is 29.3 Å². The lowest BCUT2D eigenvalue weighted by atomic mass is 10.3. The van der Waals surface area contributed by atoms with E-state index in [-0.39, 0.29) is 23.3 Å². The highest BCUT2D eigenvalue weighted by atomic mass is 35.5. The van der Waals surface area contributed by atoms with Gasteiger partial charge in [0.1, 0.15) is 0 Å². The van der Waals surface area contributed by atoms with Crippen LogP contribution in [0, 0.1) is 0 Å². The number of aromatic nitrogens is 3. The lowest BCUT2D eigenvalue weighted by Gasteiger charge is -2.11. The summed E-state index contributed by atoms with van der Waals surface area (Å²) < 4.78 is 5.38. The van der Waals surface area contributed by atoms with Crippen LogP contribution < -0.4 is 10.1 Å². The minimum atomic E-state index is -0.0785. The highest BCUT2D eigenvalue weighted by Gasteiger charge is 2.11. The Labute approximate surface area is 131 Å². The Morgan fingerprint density at radius 1 is 1.05 bits per heavy atom. The zero-order chi connectivity index (χ0) is 14.7. The van der Waals surface area contributed by atoms with Gasteiger partial charge in [0.05, 0.1) is 21.8 Å². The van der Waals surface area contributed by atoms with E-state index >= 15 is 0 Å². The van der Waals surface area contributed by atoms with E-state index in [2.05, 4.69) is 20.3 Å². The molecule has 0 radical (unpaired) electrons. The van der Waals surface area contributed by atoms with Crippen molar-refractivity contribution in [3.05, 3.63) is 33.5 Å². The molecule has 1 aromatic heterocycles. The maximum Gasteiger partial charge on any atom is 0.322 e. The fourth-order valence-corrected chi connectivity index (χ4v) is 2.02. The number of halogens is 3. The summed E-state index contributed by atoms with van der Waals surface area (Å²) in [5.74, 6) is 0.204. The van der Waals surface area contributed by atoms with Gasteiger partial charge in [-0.3, -0.25) is 0 Å². The maximum absolute atomic E-state index is 6.06. The smallest absolute Gasteiger partial charge is 0.322 e. The molecule has 8 heteroatoms. The Kier molecular flexibility index (Phi) is 4.86. The Balaban J connectivity index is 2.31. The largest absolute Gasteiger partial charge is 0.461 e. The molecule has 1 N–H and O–H groups in total. The fraction of sp³-hybridized carbons (Fsp3) is 0.250. The number of hydrogen-bond donors (Lipinski definition) is 1. The second kappa shape index (κ2) is 6.43. The first kappa shape index (κ1) is 15.1. The van der Waals surface area contributed by atoms with Gasteiger partial charge in [-0.15, -0.1) is 0 Å². The quantitative estimate of drug-likeness (QED) is 0.900. The highest BCUT2D eigenvalue weighted by Crippen LogP contribution is 2.32. The molecular formula is C12H11Cl3N4O. The van der Waals surface area contributed by atoms with Crippen LogP contribution in [0.2, 0.25) is 15.3 Å². The predicted molar refractivity (Wildman–Crippen MR) is 80.3 cm³/mol.